The normalized spacial score (nSPS) is 15.5. The summed E-state index contributed by atoms with van der Waals surface area (Å²) in [6.07, 6.45) is 0.479. The second kappa shape index (κ2) is 8.32. The molecule has 2 atom stereocenters. The number of carbonyl (C=O) groups is 1. The molecule has 1 aliphatic carbocycles. The van der Waals surface area contributed by atoms with Gasteiger partial charge < -0.3 is 4.74 Å². The number of carbonyl (C=O) groups excluding carboxylic acids is 1. The van der Waals surface area contributed by atoms with Crippen molar-refractivity contribution >= 4 is 11.8 Å². The van der Waals surface area contributed by atoms with Crippen molar-refractivity contribution in [1.82, 2.24) is 9.78 Å². The van der Waals surface area contributed by atoms with E-state index in [0.717, 1.165) is 35.2 Å². The van der Waals surface area contributed by atoms with Crippen molar-refractivity contribution in [2.45, 2.75) is 38.9 Å². The number of nitrogens with zero attached hydrogens (tertiary/aromatic N) is 2. The monoisotopic (exact) mass is 404 g/mol. The summed E-state index contributed by atoms with van der Waals surface area (Å²) < 4.78 is 7.27. The lowest BCUT2D eigenvalue weighted by Crippen LogP contribution is -2.17. The van der Waals surface area contributed by atoms with Crippen molar-refractivity contribution in [2.24, 2.45) is 13.0 Å². The summed E-state index contributed by atoms with van der Waals surface area (Å²) in [5.41, 5.74) is 4.65. The minimum Gasteiger partial charge on any atom is -0.441 e. The third-order valence-corrected chi connectivity index (χ3v) is 5.68. The summed E-state index contributed by atoms with van der Waals surface area (Å²) >= 11 is 0. The van der Waals surface area contributed by atoms with Crippen LogP contribution in [0.5, 0.6) is 0 Å². The highest BCUT2D eigenvalue weighted by molar-refractivity contribution is 5.91. The van der Waals surface area contributed by atoms with E-state index in [1.807, 2.05) is 75.5 Å². The molecule has 30 heavy (non-hydrogen) atoms. The lowest BCUT2D eigenvalue weighted by Gasteiger charge is -2.15. The van der Waals surface area contributed by atoms with Crippen LogP contribution in [0.25, 0.3) is 11.3 Å². The van der Waals surface area contributed by atoms with Crippen molar-refractivity contribution in [1.29, 1.82) is 0 Å². The molecule has 2 unspecified atom stereocenters. The van der Waals surface area contributed by atoms with Crippen molar-refractivity contribution < 1.29 is 14.6 Å². The first kappa shape index (κ1) is 20.2. The van der Waals surface area contributed by atoms with E-state index in [9.17, 15) is 9.90 Å². The summed E-state index contributed by atoms with van der Waals surface area (Å²) in [4.78, 5) is 12.6. The van der Waals surface area contributed by atoms with E-state index in [0.29, 0.717) is 11.4 Å². The molecule has 4 rings (SSSR count). The van der Waals surface area contributed by atoms with E-state index in [4.69, 9.17) is 4.74 Å². The summed E-state index contributed by atoms with van der Waals surface area (Å²) in [5, 5.41) is 19.8. The molecule has 0 saturated heterocycles. The van der Waals surface area contributed by atoms with Gasteiger partial charge in [-0.3, -0.25) is 10.00 Å². The molecule has 0 bridgehead atoms. The molecule has 1 saturated carbocycles. The molecular weight excluding hydrogens is 378 g/mol. The number of anilines is 1. The highest BCUT2D eigenvalue weighted by atomic mass is 16.6. The van der Waals surface area contributed by atoms with Gasteiger partial charge >= 0.3 is 6.09 Å². The standard InChI is InChI=1S/C24H26N3O3/c1-15-21(25-24(29)30-16(2)17-7-5-4-6-8-17)22(26-27(15)3)18-9-11-19(12-10-18)23(28)20-13-14-20/h4-12,16,20,23H,13-14H2,1-3H3,(H,25,29). The molecule has 1 radical (unpaired) electrons. The van der Waals surface area contributed by atoms with E-state index >= 15 is 0 Å². The van der Waals surface area contributed by atoms with Gasteiger partial charge in [-0.2, -0.15) is 5.10 Å². The zero-order chi connectivity index (χ0) is 21.3. The first-order valence-corrected chi connectivity index (χ1v) is 10.3. The van der Waals surface area contributed by atoms with Gasteiger partial charge in [0.15, 0.2) is 0 Å². The molecule has 3 aromatic rings. The molecule has 155 valence electrons. The Kier molecular flexibility index (Phi) is 5.59. The average Bonchev–Trinajstić information content (AvgIpc) is 3.57. The van der Waals surface area contributed by atoms with E-state index < -0.39 is 12.2 Å². The van der Waals surface area contributed by atoms with Crippen LogP contribution in [0.15, 0.2) is 54.6 Å². The summed E-state index contributed by atoms with van der Waals surface area (Å²) in [5.74, 6) is 0.270. The van der Waals surface area contributed by atoms with Crippen LogP contribution in [-0.4, -0.2) is 15.9 Å². The number of ether oxygens (including phenoxy) is 1. The predicted molar refractivity (Wildman–Crippen MR) is 114 cm³/mol. The fraction of sp³-hybridized carbons (Fsp3) is 0.333. The third kappa shape index (κ3) is 4.24. The maximum atomic E-state index is 12.6. The van der Waals surface area contributed by atoms with Crippen LogP contribution in [0.3, 0.4) is 0 Å². The van der Waals surface area contributed by atoms with E-state index in [1.165, 1.54) is 0 Å². The molecule has 0 spiro atoms. The van der Waals surface area contributed by atoms with Gasteiger partial charge in [-0.05, 0) is 43.7 Å². The van der Waals surface area contributed by atoms with Crippen LogP contribution in [-0.2, 0) is 16.9 Å². The van der Waals surface area contributed by atoms with Gasteiger partial charge in [-0.25, -0.2) is 9.90 Å². The Morgan fingerprint density at radius 1 is 1.10 bits per heavy atom. The Labute approximate surface area is 176 Å². The summed E-state index contributed by atoms with van der Waals surface area (Å²) in [6.45, 7) is 3.73. The number of hydrogen-bond acceptors (Lipinski definition) is 3. The summed E-state index contributed by atoms with van der Waals surface area (Å²) in [7, 11) is 1.83. The lowest BCUT2D eigenvalue weighted by molar-refractivity contribution is 0.0694. The maximum absolute atomic E-state index is 12.6. The van der Waals surface area contributed by atoms with Gasteiger partial charge in [0.25, 0.3) is 0 Å². The van der Waals surface area contributed by atoms with Crippen LogP contribution in [0.4, 0.5) is 10.5 Å². The Morgan fingerprint density at radius 2 is 1.77 bits per heavy atom. The van der Waals surface area contributed by atoms with E-state index in [1.54, 1.807) is 4.68 Å². The second-order valence-corrected chi connectivity index (χ2v) is 7.90. The number of nitrogens with one attached hydrogen (secondary N) is 1. The van der Waals surface area contributed by atoms with Gasteiger partial charge in [-0.1, -0.05) is 54.6 Å². The minimum atomic E-state index is -0.656. The molecule has 1 aromatic heterocycles. The molecule has 1 amide bonds. The first-order chi connectivity index (χ1) is 14.4. The fourth-order valence-corrected chi connectivity index (χ4v) is 3.55. The molecular formula is C24H26N3O3. The van der Waals surface area contributed by atoms with E-state index in [2.05, 4.69) is 10.4 Å². The number of amides is 1. The predicted octanol–water partition coefficient (Wildman–Crippen LogP) is 5.59. The van der Waals surface area contributed by atoms with Crippen LogP contribution in [0.1, 0.15) is 48.8 Å². The zero-order valence-corrected chi connectivity index (χ0v) is 17.5. The van der Waals surface area contributed by atoms with Crippen molar-refractivity contribution in [3.05, 3.63) is 71.4 Å². The first-order valence-electron chi connectivity index (χ1n) is 10.3. The van der Waals surface area contributed by atoms with Gasteiger partial charge in [0.2, 0.25) is 0 Å². The third-order valence-electron chi connectivity index (χ3n) is 5.68. The van der Waals surface area contributed by atoms with Gasteiger partial charge in [0.1, 0.15) is 17.9 Å². The second-order valence-electron chi connectivity index (χ2n) is 7.90. The number of aryl methyl sites for hydroxylation is 1. The van der Waals surface area contributed by atoms with Crippen LogP contribution < -0.4 is 5.32 Å². The molecule has 0 aliphatic heterocycles. The topological polar surface area (TPSA) is 76.1 Å². The zero-order valence-electron chi connectivity index (χ0n) is 17.5. The quantitative estimate of drug-likeness (QED) is 0.582. The molecule has 6 heteroatoms. The Morgan fingerprint density at radius 3 is 2.40 bits per heavy atom. The number of hydrogen-bond donors (Lipinski definition) is 1. The molecule has 1 N–H and O–H groups in total. The van der Waals surface area contributed by atoms with Crippen molar-refractivity contribution in [3.8, 4) is 11.3 Å². The Balaban J connectivity index is 1.52. The van der Waals surface area contributed by atoms with Crippen molar-refractivity contribution in [3.63, 3.8) is 0 Å². The van der Waals surface area contributed by atoms with Crippen LogP contribution in [0.2, 0.25) is 0 Å². The molecule has 2 aromatic carbocycles. The van der Waals surface area contributed by atoms with Crippen LogP contribution in [0, 0.1) is 12.8 Å². The highest BCUT2D eigenvalue weighted by Crippen LogP contribution is 2.41. The van der Waals surface area contributed by atoms with Gasteiger partial charge in [-0.15, -0.1) is 0 Å². The molecule has 1 fully saturated rings. The smallest absolute Gasteiger partial charge is 0.412 e. The maximum Gasteiger partial charge on any atom is 0.412 e. The molecule has 1 heterocycles. The SMILES string of the molecule is Cc1c(NC(=O)OC(C)c2ccccc2)c(-c2ccc(C([O])C3CC3)cc2)nn1C. The largest absolute Gasteiger partial charge is 0.441 e. The Hall–Kier alpha value is -3.12. The number of aromatic nitrogens is 2. The minimum absolute atomic E-state index is 0.270. The fourth-order valence-electron chi connectivity index (χ4n) is 3.55. The Bertz CT molecular complexity index is 1020. The average molecular weight is 404 g/mol. The van der Waals surface area contributed by atoms with Crippen LogP contribution >= 0.6 is 0 Å². The molecule has 1 aliphatic rings. The number of benzene rings is 2. The van der Waals surface area contributed by atoms with Gasteiger partial charge in [0.05, 0.1) is 11.4 Å². The molecule has 6 nitrogen and oxygen atoms in total. The van der Waals surface area contributed by atoms with Crippen molar-refractivity contribution in [2.75, 3.05) is 5.32 Å². The lowest BCUT2D eigenvalue weighted by atomic mass is 10.0. The van der Waals surface area contributed by atoms with E-state index in [-0.39, 0.29) is 12.0 Å². The number of rotatable bonds is 6. The highest BCUT2D eigenvalue weighted by Gasteiger charge is 2.32. The summed E-state index contributed by atoms with van der Waals surface area (Å²) in [6, 6.07) is 17.1. The van der Waals surface area contributed by atoms with Gasteiger partial charge in [0, 0.05) is 12.6 Å².